The third-order valence-electron chi connectivity index (χ3n) is 7.58. The van der Waals surface area contributed by atoms with Crippen LogP contribution in [0.15, 0.2) is 54.6 Å². The number of hydrogen-bond acceptors (Lipinski definition) is 9. The van der Waals surface area contributed by atoms with Gasteiger partial charge in [0.25, 0.3) is 0 Å². The molecule has 0 aliphatic carbocycles. The lowest BCUT2D eigenvalue weighted by Crippen LogP contribution is -2.47. The third-order valence-corrected chi connectivity index (χ3v) is 8.68. The molecule has 1 fully saturated rings. The minimum Gasteiger partial charge on any atom is -0.478 e. The lowest BCUT2D eigenvalue weighted by molar-refractivity contribution is -0.137. The maximum Gasteiger partial charge on any atom is 0.416 e. The lowest BCUT2D eigenvalue weighted by Gasteiger charge is -2.35. The first-order valence-corrected chi connectivity index (χ1v) is 14.6. The number of aryl methyl sites for hydroxylation is 1. The number of hydrogen-bond donors (Lipinski definition) is 2. The number of carboxylic acids is 1. The van der Waals surface area contributed by atoms with Crippen molar-refractivity contribution in [1.82, 2.24) is 15.0 Å². The predicted molar refractivity (Wildman–Crippen MR) is 163 cm³/mol. The molecule has 0 amide bonds. The predicted octanol–water partition coefficient (Wildman–Crippen LogP) is 6.64. The summed E-state index contributed by atoms with van der Waals surface area (Å²) in [6, 6.07) is 16.0. The zero-order valence-electron chi connectivity index (χ0n) is 23.7. The Morgan fingerprint density at radius 3 is 2.45 bits per heavy atom. The molecule has 1 aliphatic rings. The van der Waals surface area contributed by atoms with E-state index in [1.54, 1.807) is 18.2 Å². The first-order valence-electron chi connectivity index (χ1n) is 13.8. The number of piperazine rings is 1. The quantitative estimate of drug-likeness (QED) is 0.216. The van der Waals surface area contributed by atoms with Crippen LogP contribution in [0.1, 0.15) is 45.7 Å². The van der Waals surface area contributed by atoms with Gasteiger partial charge in [0, 0.05) is 37.4 Å². The van der Waals surface area contributed by atoms with E-state index in [1.165, 1.54) is 23.5 Å². The number of anilines is 3. The van der Waals surface area contributed by atoms with Gasteiger partial charge in [-0.05, 0) is 55.8 Å². The number of carboxylic acid groups (broad SMARTS) is 1. The molecule has 1 atom stereocenters. The average molecular weight is 618 g/mol. The molecule has 2 N–H and O–H groups in total. The van der Waals surface area contributed by atoms with E-state index < -0.39 is 17.7 Å². The van der Waals surface area contributed by atoms with Crippen LogP contribution in [0.5, 0.6) is 0 Å². The largest absolute Gasteiger partial charge is 0.478 e. The van der Waals surface area contributed by atoms with Gasteiger partial charge in [-0.1, -0.05) is 29.5 Å². The fourth-order valence-corrected chi connectivity index (χ4v) is 6.39. The van der Waals surface area contributed by atoms with Gasteiger partial charge in [0.2, 0.25) is 0 Å². The number of nitrogens with zero attached hydrogens (tertiary/aromatic N) is 6. The van der Waals surface area contributed by atoms with Crippen molar-refractivity contribution in [1.29, 1.82) is 5.26 Å². The molecule has 13 heteroatoms. The van der Waals surface area contributed by atoms with Gasteiger partial charge in [0.1, 0.15) is 6.07 Å². The number of aromatic carboxylic acids is 1. The molecule has 0 spiro atoms. The molecule has 0 bridgehead atoms. The smallest absolute Gasteiger partial charge is 0.416 e. The van der Waals surface area contributed by atoms with E-state index in [4.69, 9.17) is 4.98 Å². The van der Waals surface area contributed by atoms with Gasteiger partial charge in [-0.15, -0.1) is 0 Å². The van der Waals surface area contributed by atoms with Gasteiger partial charge in [-0.25, -0.2) is 19.7 Å². The average Bonchev–Trinajstić information content (AvgIpc) is 3.43. The maximum absolute atomic E-state index is 13.2. The Morgan fingerprint density at radius 1 is 1.02 bits per heavy atom. The summed E-state index contributed by atoms with van der Waals surface area (Å²) in [5.74, 6) is -0.590. The van der Waals surface area contributed by atoms with Crippen LogP contribution in [0.3, 0.4) is 0 Å². The highest BCUT2D eigenvalue weighted by atomic mass is 32.1. The number of fused-ring (bicyclic) bond motifs is 2. The summed E-state index contributed by atoms with van der Waals surface area (Å²) in [4.78, 5) is 29.8. The fourth-order valence-electron chi connectivity index (χ4n) is 5.39. The van der Waals surface area contributed by atoms with E-state index in [0.717, 1.165) is 23.3 Å². The molecule has 224 valence electrons. The van der Waals surface area contributed by atoms with Crippen LogP contribution in [0, 0.1) is 18.3 Å². The zero-order chi connectivity index (χ0) is 31.2. The van der Waals surface area contributed by atoms with Gasteiger partial charge in [-0.3, -0.25) is 0 Å². The second-order valence-electron chi connectivity index (χ2n) is 10.6. The van der Waals surface area contributed by atoms with Gasteiger partial charge in [0.05, 0.1) is 38.4 Å². The van der Waals surface area contributed by atoms with Crippen molar-refractivity contribution in [3.05, 3.63) is 82.5 Å². The summed E-state index contributed by atoms with van der Waals surface area (Å²) in [7, 11) is 0. The first-order chi connectivity index (χ1) is 21.0. The molecule has 1 saturated heterocycles. The molecule has 9 nitrogen and oxygen atoms in total. The number of para-hydroxylation sites is 1. The van der Waals surface area contributed by atoms with Crippen LogP contribution in [-0.4, -0.2) is 52.2 Å². The number of alkyl halides is 3. The molecule has 5 aromatic rings. The summed E-state index contributed by atoms with van der Waals surface area (Å²) in [5.41, 5.74) is 3.31. The van der Waals surface area contributed by atoms with Crippen LogP contribution in [0.25, 0.3) is 21.3 Å². The summed E-state index contributed by atoms with van der Waals surface area (Å²) in [5, 5.41) is 23.5. The zero-order valence-corrected chi connectivity index (χ0v) is 24.5. The van der Waals surface area contributed by atoms with Crippen molar-refractivity contribution in [2.24, 2.45) is 0 Å². The molecule has 6 rings (SSSR count). The Labute approximate surface area is 254 Å². The molecule has 0 radical (unpaired) electrons. The van der Waals surface area contributed by atoms with E-state index in [2.05, 4.69) is 21.4 Å². The Bertz CT molecular complexity index is 1950. The van der Waals surface area contributed by atoms with Crippen LogP contribution >= 0.6 is 11.3 Å². The summed E-state index contributed by atoms with van der Waals surface area (Å²) in [6.45, 7) is 5.90. The van der Waals surface area contributed by atoms with Crippen molar-refractivity contribution in [2.45, 2.75) is 26.1 Å². The number of thiazole rings is 1. The second-order valence-corrected chi connectivity index (χ2v) is 11.6. The van der Waals surface area contributed by atoms with Crippen LogP contribution in [0.2, 0.25) is 0 Å². The molecular weight excluding hydrogens is 591 g/mol. The number of rotatable bonds is 6. The highest BCUT2D eigenvalue weighted by molar-refractivity contribution is 7.22. The minimum atomic E-state index is -4.43. The molecule has 1 aliphatic heterocycles. The van der Waals surface area contributed by atoms with Crippen molar-refractivity contribution in [3.8, 4) is 6.07 Å². The van der Waals surface area contributed by atoms with Crippen molar-refractivity contribution < 1.29 is 23.1 Å². The Balaban J connectivity index is 1.28. The SMILES string of the molecule is Cc1cc([C@@H](C)Nc2ccccc2C(=O)O)c2nc(N3CCN(c4nc5cc(C(F)(F)F)ccc5s4)CC3)c(C#N)nc2c1. The lowest BCUT2D eigenvalue weighted by atomic mass is 10.0. The molecule has 2 aromatic heterocycles. The Morgan fingerprint density at radius 2 is 1.75 bits per heavy atom. The number of carbonyl (C=O) groups is 1. The molecule has 3 heterocycles. The minimum absolute atomic E-state index is 0.154. The monoisotopic (exact) mass is 617 g/mol. The second kappa shape index (κ2) is 11.3. The molecule has 3 aromatic carbocycles. The number of nitrogens with one attached hydrogen (secondary N) is 1. The number of nitriles is 1. The Hall–Kier alpha value is -4.96. The van der Waals surface area contributed by atoms with Crippen LogP contribution < -0.4 is 15.1 Å². The highest BCUT2D eigenvalue weighted by Crippen LogP contribution is 2.36. The molecule has 0 saturated carbocycles. The van der Waals surface area contributed by atoms with E-state index in [1.807, 2.05) is 35.8 Å². The van der Waals surface area contributed by atoms with Crippen LogP contribution in [-0.2, 0) is 6.18 Å². The van der Waals surface area contributed by atoms with Gasteiger partial charge in [-0.2, -0.15) is 18.4 Å². The molecule has 0 unspecified atom stereocenters. The fraction of sp³-hybridized carbons (Fsp3) is 0.258. The Kier molecular flexibility index (Phi) is 7.46. The molecule has 44 heavy (non-hydrogen) atoms. The van der Waals surface area contributed by atoms with Crippen molar-refractivity contribution >= 4 is 55.2 Å². The standard InChI is InChI=1S/C31H26F3N7O2S/c1-17-13-21(18(2)36-22-6-4-3-5-20(22)29(42)43)27-24(14-17)37-25(16-35)28(39-27)40-9-11-41(12-10-40)30-38-23-15-19(31(32,33)34)7-8-26(23)44-30/h3-8,13-15,18,36H,9-12H2,1-2H3,(H,42,43)/t18-/m1/s1. The summed E-state index contributed by atoms with van der Waals surface area (Å²) in [6.07, 6.45) is -4.43. The highest BCUT2D eigenvalue weighted by Gasteiger charge is 2.31. The van der Waals surface area contributed by atoms with Crippen LogP contribution in [0.4, 0.5) is 29.8 Å². The maximum atomic E-state index is 13.2. The van der Waals surface area contributed by atoms with Gasteiger partial charge >= 0.3 is 12.1 Å². The van der Waals surface area contributed by atoms with E-state index in [9.17, 15) is 28.3 Å². The van der Waals surface area contributed by atoms with Gasteiger partial charge in [0.15, 0.2) is 16.6 Å². The third kappa shape index (κ3) is 5.56. The van der Waals surface area contributed by atoms with E-state index in [-0.39, 0.29) is 17.3 Å². The first kappa shape index (κ1) is 29.1. The van der Waals surface area contributed by atoms with E-state index in [0.29, 0.717) is 64.1 Å². The van der Waals surface area contributed by atoms with E-state index >= 15 is 0 Å². The van der Waals surface area contributed by atoms with Crippen molar-refractivity contribution in [3.63, 3.8) is 0 Å². The topological polar surface area (TPSA) is 118 Å². The van der Waals surface area contributed by atoms with Crippen molar-refractivity contribution in [2.75, 3.05) is 41.3 Å². The number of halogens is 3. The molecular formula is C31H26F3N7O2S. The number of benzene rings is 3. The summed E-state index contributed by atoms with van der Waals surface area (Å²) < 4.78 is 40.2. The number of aromatic nitrogens is 3. The normalized spacial score (nSPS) is 14.5. The van der Waals surface area contributed by atoms with Gasteiger partial charge < -0.3 is 20.2 Å². The summed E-state index contributed by atoms with van der Waals surface area (Å²) >= 11 is 1.34.